The van der Waals surface area contributed by atoms with E-state index in [0.29, 0.717) is 0 Å². The first-order chi connectivity index (χ1) is 7.71. The average molecular weight is 303 g/mol. The smallest absolute Gasteiger partial charge is 0.325 e. The van der Waals surface area contributed by atoms with Crippen LogP contribution in [0, 0.1) is 0 Å². The van der Waals surface area contributed by atoms with E-state index in [0.717, 1.165) is 12.1 Å². The van der Waals surface area contributed by atoms with Crippen molar-refractivity contribution < 1.29 is 18.0 Å². The number of carbonyl (C=O) groups is 1. The van der Waals surface area contributed by atoms with Gasteiger partial charge in [0.1, 0.15) is 0 Å². The van der Waals surface area contributed by atoms with Crippen LogP contribution in [0.2, 0.25) is 5.02 Å². The summed E-state index contributed by atoms with van der Waals surface area (Å²) in [7, 11) is 0. The summed E-state index contributed by atoms with van der Waals surface area (Å²) in [6.45, 7) is 1.43. The minimum atomic E-state index is -4.56. The van der Waals surface area contributed by atoms with Gasteiger partial charge >= 0.3 is 6.18 Å². The third kappa shape index (κ3) is 4.36. The molecule has 0 aromatic heterocycles. The molecule has 1 atom stereocenters. The normalized spacial score (nSPS) is 12.6. The largest absolute Gasteiger partial charge is 0.417 e. The summed E-state index contributed by atoms with van der Waals surface area (Å²) >= 11 is 5.42. The maximum absolute atomic E-state index is 12.5. The zero-order valence-electron chi connectivity index (χ0n) is 9.22. The second-order valence-corrected chi connectivity index (χ2v) is 3.88. The first-order valence-corrected chi connectivity index (χ1v) is 5.03. The molecule has 3 N–H and O–H groups in total. The number of carbonyl (C=O) groups excluding carboxylic acids is 1. The Morgan fingerprint density at radius 1 is 1.44 bits per heavy atom. The Kier molecular flexibility index (Phi) is 5.92. The fraction of sp³-hybridized carbons (Fsp3) is 0.300. The Hall–Kier alpha value is -0.980. The summed E-state index contributed by atoms with van der Waals surface area (Å²) in [5, 5.41) is 1.84. The molecule has 18 heavy (non-hydrogen) atoms. The number of hydrogen-bond donors (Lipinski definition) is 2. The molecule has 3 nitrogen and oxygen atoms in total. The number of anilines is 1. The average Bonchev–Trinajstić information content (AvgIpc) is 2.19. The quantitative estimate of drug-likeness (QED) is 0.882. The Bertz CT molecular complexity index is 436. The van der Waals surface area contributed by atoms with E-state index in [1.165, 1.54) is 13.0 Å². The molecule has 102 valence electrons. The van der Waals surface area contributed by atoms with Gasteiger partial charge in [-0.05, 0) is 25.1 Å². The van der Waals surface area contributed by atoms with Gasteiger partial charge in [-0.3, -0.25) is 4.79 Å². The molecule has 0 bridgehead atoms. The topological polar surface area (TPSA) is 55.1 Å². The Balaban J connectivity index is 0.00000289. The molecule has 1 aromatic carbocycles. The monoisotopic (exact) mass is 302 g/mol. The molecule has 0 fully saturated rings. The molecule has 0 saturated heterocycles. The molecule has 0 aliphatic rings. The molecule has 0 aliphatic heterocycles. The number of nitrogens with two attached hydrogens (primary N) is 1. The van der Waals surface area contributed by atoms with Crippen molar-refractivity contribution in [1.82, 2.24) is 0 Å². The summed E-state index contributed by atoms with van der Waals surface area (Å²) in [4.78, 5) is 11.2. The van der Waals surface area contributed by atoms with E-state index in [4.69, 9.17) is 17.3 Å². The fourth-order valence-electron chi connectivity index (χ4n) is 1.08. The summed E-state index contributed by atoms with van der Waals surface area (Å²) in [5.41, 5.74) is 4.28. The number of rotatable bonds is 2. The Morgan fingerprint density at radius 3 is 2.44 bits per heavy atom. The van der Waals surface area contributed by atoms with E-state index in [-0.39, 0.29) is 18.1 Å². The molecule has 1 amide bonds. The lowest BCUT2D eigenvalue weighted by Crippen LogP contribution is -2.32. The number of nitrogens with one attached hydrogen (secondary N) is 1. The highest BCUT2D eigenvalue weighted by Crippen LogP contribution is 2.36. The first kappa shape index (κ1) is 17.0. The van der Waals surface area contributed by atoms with E-state index in [1.807, 2.05) is 0 Å². The van der Waals surface area contributed by atoms with Crippen LogP contribution in [0.25, 0.3) is 0 Å². The van der Waals surface area contributed by atoms with Crippen LogP contribution in [0.4, 0.5) is 18.9 Å². The first-order valence-electron chi connectivity index (χ1n) is 4.65. The van der Waals surface area contributed by atoms with Crippen LogP contribution < -0.4 is 11.1 Å². The van der Waals surface area contributed by atoms with Gasteiger partial charge in [-0.1, -0.05) is 11.6 Å². The number of hydrogen-bond acceptors (Lipinski definition) is 2. The van der Waals surface area contributed by atoms with Crippen LogP contribution in [0.1, 0.15) is 12.5 Å². The van der Waals surface area contributed by atoms with Crippen LogP contribution in [0.3, 0.4) is 0 Å². The van der Waals surface area contributed by atoms with Crippen molar-refractivity contribution >= 4 is 35.6 Å². The van der Waals surface area contributed by atoms with Crippen molar-refractivity contribution in [3.63, 3.8) is 0 Å². The molecule has 8 heteroatoms. The van der Waals surface area contributed by atoms with Crippen LogP contribution >= 0.6 is 24.0 Å². The fourth-order valence-corrected chi connectivity index (χ4v) is 1.30. The highest BCUT2D eigenvalue weighted by molar-refractivity contribution is 6.31. The number of benzene rings is 1. The number of alkyl halides is 3. The van der Waals surface area contributed by atoms with Gasteiger partial charge < -0.3 is 11.1 Å². The third-order valence-electron chi connectivity index (χ3n) is 1.95. The molecule has 0 heterocycles. The van der Waals surface area contributed by atoms with Gasteiger partial charge in [-0.2, -0.15) is 13.2 Å². The minimum Gasteiger partial charge on any atom is -0.325 e. The predicted molar refractivity (Wildman–Crippen MR) is 66.0 cm³/mol. The van der Waals surface area contributed by atoms with E-state index < -0.39 is 28.7 Å². The van der Waals surface area contributed by atoms with Crippen molar-refractivity contribution in [3.05, 3.63) is 28.8 Å². The number of amides is 1. The Labute approximate surface area is 113 Å². The second kappa shape index (κ2) is 6.26. The van der Waals surface area contributed by atoms with E-state index in [1.54, 1.807) is 0 Å². The van der Waals surface area contributed by atoms with Gasteiger partial charge in [0.15, 0.2) is 0 Å². The maximum Gasteiger partial charge on any atom is 0.417 e. The molecule has 1 aromatic rings. The van der Waals surface area contributed by atoms with Gasteiger partial charge in [0.05, 0.1) is 16.6 Å². The van der Waals surface area contributed by atoms with Crippen molar-refractivity contribution in [2.24, 2.45) is 5.73 Å². The SMILES string of the molecule is CC(N)C(=O)Nc1ccc(Cl)c(C(F)(F)F)c1.Cl. The summed E-state index contributed by atoms with van der Waals surface area (Å²) in [6, 6.07) is 2.31. The standard InChI is InChI=1S/C10H10ClF3N2O.ClH/c1-5(15)9(17)16-6-2-3-8(11)7(4-6)10(12,13)14;/h2-5H,15H2,1H3,(H,16,17);1H. The molecular formula is C10H11Cl2F3N2O. The van der Waals surface area contributed by atoms with Gasteiger partial charge in [0.25, 0.3) is 0 Å². The van der Waals surface area contributed by atoms with Gasteiger partial charge in [0.2, 0.25) is 5.91 Å². The van der Waals surface area contributed by atoms with Crippen LogP contribution in [-0.2, 0) is 11.0 Å². The molecule has 1 rings (SSSR count). The minimum absolute atomic E-state index is 0. The highest BCUT2D eigenvalue weighted by atomic mass is 35.5. The number of halogens is 5. The van der Waals surface area contributed by atoms with Crippen molar-refractivity contribution in [3.8, 4) is 0 Å². The Morgan fingerprint density at radius 2 is 2.00 bits per heavy atom. The lowest BCUT2D eigenvalue weighted by atomic mass is 10.2. The molecule has 0 spiro atoms. The van der Waals surface area contributed by atoms with Crippen molar-refractivity contribution in [2.75, 3.05) is 5.32 Å². The molecular weight excluding hydrogens is 292 g/mol. The molecule has 0 aliphatic carbocycles. The predicted octanol–water partition coefficient (Wildman–Crippen LogP) is 3.07. The summed E-state index contributed by atoms with van der Waals surface area (Å²) in [5.74, 6) is -0.569. The molecule has 1 unspecified atom stereocenters. The molecule has 0 radical (unpaired) electrons. The highest BCUT2D eigenvalue weighted by Gasteiger charge is 2.33. The lowest BCUT2D eigenvalue weighted by molar-refractivity contribution is -0.137. The zero-order valence-corrected chi connectivity index (χ0v) is 10.8. The molecule has 0 saturated carbocycles. The van der Waals surface area contributed by atoms with E-state index in [2.05, 4.69) is 5.32 Å². The van der Waals surface area contributed by atoms with Crippen molar-refractivity contribution in [1.29, 1.82) is 0 Å². The van der Waals surface area contributed by atoms with Crippen LogP contribution in [-0.4, -0.2) is 11.9 Å². The lowest BCUT2D eigenvalue weighted by Gasteiger charge is -2.12. The van der Waals surface area contributed by atoms with E-state index >= 15 is 0 Å². The van der Waals surface area contributed by atoms with Gasteiger partial charge in [-0.15, -0.1) is 12.4 Å². The zero-order chi connectivity index (χ0) is 13.2. The third-order valence-corrected chi connectivity index (χ3v) is 2.28. The second-order valence-electron chi connectivity index (χ2n) is 3.47. The maximum atomic E-state index is 12.5. The van der Waals surface area contributed by atoms with Crippen LogP contribution in [0.15, 0.2) is 18.2 Å². The van der Waals surface area contributed by atoms with Gasteiger partial charge in [-0.25, -0.2) is 0 Å². The van der Waals surface area contributed by atoms with Crippen molar-refractivity contribution in [2.45, 2.75) is 19.1 Å². The summed E-state index contributed by atoms with van der Waals surface area (Å²) in [6.07, 6.45) is -4.56. The summed E-state index contributed by atoms with van der Waals surface area (Å²) < 4.78 is 37.5. The van der Waals surface area contributed by atoms with Crippen LogP contribution in [0.5, 0.6) is 0 Å². The van der Waals surface area contributed by atoms with Gasteiger partial charge in [0, 0.05) is 5.69 Å². The van der Waals surface area contributed by atoms with E-state index in [9.17, 15) is 18.0 Å².